The molecule has 2 saturated carbocycles. The molecule has 0 bridgehead atoms. The highest BCUT2D eigenvalue weighted by molar-refractivity contribution is 7.22. The van der Waals surface area contributed by atoms with Crippen LogP contribution in [0, 0.1) is 25.7 Å². The molecule has 2 aliphatic carbocycles. The van der Waals surface area contributed by atoms with Crippen molar-refractivity contribution in [1.82, 2.24) is 50.1 Å². The first kappa shape index (κ1) is 94.1. The predicted octanol–water partition coefficient (Wildman–Crippen LogP) is 19.1. The SMILES string of the molecule is Cc1c(OC2CCC(CCC(=O)Nc3cccc4c(C5CCC(=O)NC5=O)nn(C)c34)CC2)cccc1-c1ccc(N2CCc3cccc(C(=O)Nc4nc5ccccc5s4)c3C2)nc1C(=O)O.Cc1c(OC2CCC(CCC(=O)Nc3cccc4c(C5CCC(=O)NC5=O)nn(C)c34)CC2)cccc1-c1ccc(N2CCc3cccc(C(=O)Nc4nc5ccccc5s4)c3C2)nc1C(=O)OC(C)(C)C. The van der Waals surface area contributed by atoms with Gasteiger partial charge in [-0.05, 0) is 266 Å². The van der Waals surface area contributed by atoms with Crippen LogP contribution in [0.5, 0.6) is 11.5 Å². The standard InChI is InChI=1S/C56H58N8O7S.C52H50N8O7S/c1-32-36(12-10-17-44(32)70-35-22-19-33(20-23-35)21-27-47(65)57-43-16-9-14-39-49(62-63(5)51(39)43)40-25-28-48(66)60-53(40)68)37-24-26-46(59-50(37)54(69)71-56(2,3)4)64-30-29-34-11-8-13-38(41(34)31-64)52(67)61-55-58-42-15-6-7-18-45(42)72-55;1-29-33(34-21-23-43(55-47(34)51(65)66)60-27-26-31-8-5-10-35(38(31)28-60)49(63)57-52-54-39-12-3-4-15-42(39)68-52)9-7-14-41(29)67-32-19-16-30(17-20-32)18-24-44(61)53-40-13-6-11-36-46(58-59(2)48(36)40)37-22-25-45(62)56-50(37)64/h6-18,24,26,33,35,40H,19-23,25,27-31H2,1-5H3,(H,57,65)(H,58,61,67)(H,60,66,68);3-15,21,23,30,32,37H,16-20,22,24-28H2,1-2H3,(H,53,61)(H,65,66)(H,54,57,63)(H,56,62,64). The number of carboxylic acids is 1. The Hall–Kier alpha value is -14.9. The second-order valence-electron chi connectivity index (χ2n) is 38.0. The van der Waals surface area contributed by atoms with E-state index in [9.17, 15) is 53.1 Å². The predicted molar refractivity (Wildman–Crippen MR) is 539 cm³/mol. The van der Waals surface area contributed by atoms with Gasteiger partial charge in [0.15, 0.2) is 21.7 Å². The lowest BCUT2D eigenvalue weighted by atomic mass is 9.84. The summed E-state index contributed by atoms with van der Waals surface area (Å²) >= 11 is 2.86. The fraction of sp³-hybridized carbons (Fsp3) is 0.333. The zero-order chi connectivity index (χ0) is 97.3. The number of thiazole rings is 2. The topological polar surface area (TPSA) is 384 Å². The minimum Gasteiger partial charge on any atom is -0.490 e. The lowest BCUT2D eigenvalue weighted by molar-refractivity contribution is -0.135. The Morgan fingerprint density at radius 1 is 0.457 bits per heavy atom. The molecule has 4 fully saturated rings. The van der Waals surface area contributed by atoms with Crippen molar-refractivity contribution in [1.29, 1.82) is 0 Å². The van der Waals surface area contributed by atoms with Crippen LogP contribution in [0.2, 0.25) is 0 Å². The van der Waals surface area contributed by atoms with E-state index in [0.717, 1.165) is 157 Å². The van der Waals surface area contributed by atoms with E-state index in [-0.39, 0.29) is 83.7 Å². The first-order chi connectivity index (χ1) is 67.6. The number of anilines is 6. The number of aromatic nitrogens is 8. The number of ether oxygens (including phenoxy) is 3. The van der Waals surface area contributed by atoms with Crippen molar-refractivity contribution in [2.24, 2.45) is 25.9 Å². The van der Waals surface area contributed by atoms with Crippen LogP contribution in [0.15, 0.2) is 182 Å². The zero-order valence-corrected chi connectivity index (χ0v) is 80.5. The average Bonchev–Trinajstić information content (AvgIpc) is 1.65. The van der Waals surface area contributed by atoms with Crippen molar-refractivity contribution in [3.05, 3.63) is 249 Å². The Bertz CT molecular complexity index is 7210. The summed E-state index contributed by atoms with van der Waals surface area (Å²) in [5.41, 5.74) is 14.4. The molecule has 6 aliphatic rings. The molecule has 7 N–H and O–H groups in total. The number of carbonyl (C=O) groups is 10. The summed E-state index contributed by atoms with van der Waals surface area (Å²) in [6, 6.07) is 57.4. The molecule has 10 heterocycles. The molecule has 4 aliphatic heterocycles. The number of hydrogen-bond acceptors (Lipinski definition) is 23. The summed E-state index contributed by atoms with van der Waals surface area (Å²) in [5.74, 6) is -1.32. The summed E-state index contributed by atoms with van der Waals surface area (Å²) in [5, 5.41) is 39.4. The first-order valence-electron chi connectivity index (χ1n) is 47.9. The van der Waals surface area contributed by atoms with Gasteiger partial charge in [0.25, 0.3) is 11.8 Å². The molecule has 32 heteroatoms. The molecule has 20 rings (SSSR count). The molecule has 6 aromatic heterocycles. The van der Waals surface area contributed by atoms with Gasteiger partial charge in [-0.1, -0.05) is 120 Å². The number of esters is 1. The van der Waals surface area contributed by atoms with Crippen molar-refractivity contribution in [2.45, 2.75) is 193 Å². The van der Waals surface area contributed by atoms with Crippen LogP contribution in [-0.2, 0) is 73.5 Å². The van der Waals surface area contributed by atoms with Gasteiger partial charge in [-0.15, -0.1) is 0 Å². The number of rotatable bonds is 24. The Morgan fingerprint density at radius 3 is 1.31 bits per heavy atom. The van der Waals surface area contributed by atoms with Crippen LogP contribution in [0.3, 0.4) is 0 Å². The van der Waals surface area contributed by atoms with E-state index in [2.05, 4.69) is 63.0 Å². The van der Waals surface area contributed by atoms with Gasteiger partial charge in [-0.25, -0.2) is 29.5 Å². The number of carboxylic acid groups (broad SMARTS) is 1. The number of aromatic carboxylic acids is 1. The number of nitrogens with one attached hydrogen (secondary N) is 6. The summed E-state index contributed by atoms with van der Waals surface area (Å²) in [7, 11) is 3.58. The third kappa shape index (κ3) is 20.4. The summed E-state index contributed by atoms with van der Waals surface area (Å²) < 4.78 is 24.7. The average molecular weight is 1920 g/mol. The third-order valence-electron chi connectivity index (χ3n) is 27.6. The molecule has 8 aromatic carbocycles. The number of hydrogen-bond donors (Lipinski definition) is 7. The molecule has 2 unspecified atom stereocenters. The van der Waals surface area contributed by atoms with Crippen molar-refractivity contribution in [2.75, 3.05) is 44.2 Å². The minimum atomic E-state index is -1.14. The molecule has 0 radical (unpaired) electrons. The van der Waals surface area contributed by atoms with Crippen LogP contribution in [0.4, 0.5) is 33.3 Å². The van der Waals surface area contributed by atoms with E-state index in [4.69, 9.17) is 24.2 Å². The molecule has 140 heavy (non-hydrogen) atoms. The van der Waals surface area contributed by atoms with Crippen molar-refractivity contribution >= 4 is 157 Å². The Morgan fingerprint density at radius 2 is 0.879 bits per heavy atom. The number of imide groups is 2. The van der Waals surface area contributed by atoms with Crippen molar-refractivity contribution in [3.63, 3.8) is 0 Å². The maximum Gasteiger partial charge on any atom is 0.358 e. The van der Waals surface area contributed by atoms with Crippen LogP contribution >= 0.6 is 22.7 Å². The van der Waals surface area contributed by atoms with Gasteiger partial charge in [-0.3, -0.25) is 69.0 Å². The number of piperidine rings is 2. The highest BCUT2D eigenvalue weighted by Crippen LogP contribution is 2.44. The fourth-order valence-electron chi connectivity index (χ4n) is 20.4. The second-order valence-corrected chi connectivity index (χ2v) is 40.1. The highest BCUT2D eigenvalue weighted by atomic mass is 32.1. The highest BCUT2D eigenvalue weighted by Gasteiger charge is 2.38. The lowest BCUT2D eigenvalue weighted by Gasteiger charge is -2.31. The van der Waals surface area contributed by atoms with Crippen LogP contribution in [0.25, 0.3) is 64.5 Å². The van der Waals surface area contributed by atoms with E-state index < -0.39 is 29.4 Å². The van der Waals surface area contributed by atoms with Gasteiger partial charge in [0.05, 0.1) is 78.3 Å². The summed E-state index contributed by atoms with van der Waals surface area (Å²) in [6.07, 6.45) is 11.9. The van der Waals surface area contributed by atoms with Gasteiger partial charge in [0.2, 0.25) is 35.4 Å². The molecule has 8 amide bonds. The van der Waals surface area contributed by atoms with Crippen LogP contribution in [0.1, 0.15) is 222 Å². The largest absolute Gasteiger partial charge is 0.490 e. The van der Waals surface area contributed by atoms with Gasteiger partial charge in [0, 0.05) is 99.0 Å². The number of amides is 8. The number of fused-ring (bicyclic) bond motifs is 6. The molecule has 2 atom stereocenters. The maximum atomic E-state index is 14.1. The minimum absolute atomic E-state index is 0.00832. The van der Waals surface area contributed by atoms with E-state index in [1.54, 1.807) is 23.5 Å². The molecule has 14 aromatic rings. The smallest absolute Gasteiger partial charge is 0.358 e. The third-order valence-corrected chi connectivity index (χ3v) is 29.5. The lowest BCUT2D eigenvalue weighted by Crippen LogP contribution is -2.39. The summed E-state index contributed by atoms with van der Waals surface area (Å²) in [6.45, 7) is 11.5. The monoisotopic (exact) mass is 1920 g/mol. The Balaban J connectivity index is 0.000000179. The number of para-hydroxylation sites is 4. The Kier molecular flexibility index (Phi) is 27.0. The summed E-state index contributed by atoms with van der Waals surface area (Å²) in [4.78, 5) is 153. The number of pyridine rings is 2. The van der Waals surface area contributed by atoms with Gasteiger partial charge in [-0.2, -0.15) is 10.2 Å². The quantitative estimate of drug-likeness (QED) is 0.0218. The molecule has 0 spiro atoms. The zero-order valence-electron chi connectivity index (χ0n) is 78.9. The van der Waals surface area contributed by atoms with Crippen molar-refractivity contribution < 1.29 is 67.3 Å². The van der Waals surface area contributed by atoms with Crippen LogP contribution in [-0.4, -0.2) is 135 Å². The molecule has 2 saturated heterocycles. The van der Waals surface area contributed by atoms with Gasteiger partial charge in [0.1, 0.15) is 28.7 Å². The molecular weight excluding hydrogens is 1810 g/mol. The van der Waals surface area contributed by atoms with Gasteiger partial charge < -0.3 is 39.8 Å². The number of nitrogens with zero attached hydrogens (tertiary/aromatic N) is 10. The van der Waals surface area contributed by atoms with E-state index in [1.807, 2.05) is 215 Å². The van der Waals surface area contributed by atoms with Crippen molar-refractivity contribution in [3.8, 4) is 33.8 Å². The number of aryl methyl sites for hydroxylation is 2. The molecular formula is C108H108N16O14S2. The number of carbonyl (C=O) groups excluding carboxylic acids is 9. The number of benzene rings is 8. The van der Waals surface area contributed by atoms with E-state index in [0.29, 0.717) is 149 Å². The Labute approximate surface area is 815 Å². The maximum absolute atomic E-state index is 14.1. The molecule has 30 nitrogen and oxygen atoms in total. The normalized spacial score (nSPS) is 18.2. The van der Waals surface area contributed by atoms with E-state index in [1.165, 1.54) is 22.7 Å². The second kappa shape index (κ2) is 40.3. The van der Waals surface area contributed by atoms with Gasteiger partial charge >= 0.3 is 11.9 Å². The van der Waals surface area contributed by atoms with Crippen LogP contribution < -0.4 is 51.2 Å². The first-order valence-corrected chi connectivity index (χ1v) is 49.5. The fourth-order valence-corrected chi connectivity index (χ4v) is 22.2. The molecule has 716 valence electrons. The van der Waals surface area contributed by atoms with E-state index >= 15 is 0 Å².